The zero-order chi connectivity index (χ0) is 5.54. The maximum atomic E-state index is 7.39. The van der Waals surface area contributed by atoms with Crippen LogP contribution in [0.3, 0.4) is 0 Å². The van der Waals surface area contributed by atoms with Crippen molar-refractivity contribution in [1.82, 2.24) is 0 Å². The Hall–Kier alpha value is -0.135. The first-order valence-corrected chi connectivity index (χ1v) is 1.50. The van der Waals surface area contributed by atoms with Gasteiger partial charge in [0.15, 0.2) is 0 Å². The molecule has 0 aliphatic heterocycles. The van der Waals surface area contributed by atoms with Crippen LogP contribution in [0.4, 0.5) is 0 Å². The van der Waals surface area contributed by atoms with Gasteiger partial charge >= 0.3 is 7.69 Å². The molecule has 1 N–H and O–H groups in total. The molecule has 0 aliphatic carbocycles. The average Bonchev–Trinajstić information content (AvgIpc) is 1.69. The molecule has 5 nitrogen and oxygen atoms in total. The van der Waals surface area contributed by atoms with Crippen LogP contribution in [0.25, 0.3) is 0 Å². The van der Waals surface area contributed by atoms with Crippen LogP contribution in [-0.2, 0) is 19.5 Å². The fourth-order valence-corrected chi connectivity index (χ4v) is 0.0893. The van der Waals surface area contributed by atoms with Gasteiger partial charge in [0.25, 0.3) is 0 Å². The van der Waals surface area contributed by atoms with Crippen LogP contribution in [0.2, 0.25) is 0 Å². The van der Waals surface area contributed by atoms with E-state index >= 15 is 0 Å². The molecule has 0 bridgehead atoms. The van der Waals surface area contributed by atoms with Gasteiger partial charge in [-0.05, 0) is 5.04 Å². The van der Waals surface area contributed by atoms with Crippen molar-refractivity contribution in [2.45, 2.75) is 0 Å². The summed E-state index contributed by atoms with van der Waals surface area (Å²) in [5.41, 5.74) is 0. The molecule has 0 heterocycles. The Bertz CT molecular complexity index is 27.3. The van der Waals surface area contributed by atoms with Gasteiger partial charge in [-0.15, -0.1) is 0 Å². The molecule has 42 valence electrons. The summed E-state index contributed by atoms with van der Waals surface area (Å²) >= 11 is 0. The Morgan fingerprint density at radius 1 is 1.57 bits per heavy atom. The van der Waals surface area contributed by atoms with Crippen molar-refractivity contribution in [3.8, 4) is 0 Å². The van der Waals surface area contributed by atoms with Gasteiger partial charge in [-0.2, -0.15) is 0 Å². The van der Waals surface area contributed by atoms with Crippen molar-refractivity contribution in [2.24, 2.45) is 0 Å². The molecule has 0 aliphatic rings. The predicted octanol–water partition coefficient (Wildman–Crippen LogP) is -0.748. The van der Waals surface area contributed by atoms with E-state index in [0.717, 1.165) is 0 Å². The third-order valence-corrected chi connectivity index (χ3v) is 0.245. The molecule has 0 saturated heterocycles. The maximum Gasteiger partial charge on any atom is 0.477 e. The van der Waals surface area contributed by atoms with Gasteiger partial charge in [-0.3, -0.25) is 0 Å². The van der Waals surface area contributed by atoms with Gasteiger partial charge in [-0.25, -0.2) is 10.1 Å². The standard InChI is InChI=1S/CH5BO5/c1-4-2-5-7-6-3/h2-3H,1H3. The van der Waals surface area contributed by atoms with Crippen LogP contribution in [-0.4, -0.2) is 20.1 Å². The third kappa shape index (κ3) is 5.86. The molecule has 0 spiro atoms. The van der Waals surface area contributed by atoms with Crippen LogP contribution in [0.5, 0.6) is 0 Å². The molecule has 0 amide bonds. The fraction of sp³-hybridized carbons (Fsp3) is 1.00. The van der Waals surface area contributed by atoms with Crippen LogP contribution < -0.4 is 0 Å². The van der Waals surface area contributed by atoms with E-state index in [-0.39, 0.29) is 7.69 Å². The molecule has 0 fully saturated rings. The third-order valence-electron chi connectivity index (χ3n) is 0.245. The van der Waals surface area contributed by atoms with E-state index in [4.69, 9.17) is 5.26 Å². The molecule has 7 heavy (non-hydrogen) atoms. The highest BCUT2D eigenvalue weighted by Gasteiger charge is 1.86. The Kier molecular flexibility index (Phi) is 5.75. The lowest BCUT2D eigenvalue weighted by atomic mass is 10.4. The molecule has 0 aromatic carbocycles. The molecule has 0 aromatic heterocycles. The summed E-state index contributed by atoms with van der Waals surface area (Å²) in [5.74, 6) is 0. The minimum absolute atomic E-state index is 0.0828. The first-order valence-electron chi connectivity index (χ1n) is 1.50. The zero-order valence-electron chi connectivity index (χ0n) is 3.79. The number of hydrogen-bond acceptors (Lipinski definition) is 5. The summed E-state index contributed by atoms with van der Waals surface area (Å²) < 4.78 is 4.31. The lowest BCUT2D eigenvalue weighted by Crippen LogP contribution is -2.01. The number of rotatable bonds is 4. The topological polar surface area (TPSA) is 57.2 Å². The molecular weight excluding hydrogens is 103 g/mol. The molecule has 0 aromatic rings. The lowest BCUT2D eigenvalue weighted by Gasteiger charge is -1.91. The maximum absolute atomic E-state index is 7.39. The normalized spacial score (nSPS) is 8.86. The van der Waals surface area contributed by atoms with E-state index < -0.39 is 0 Å². The summed E-state index contributed by atoms with van der Waals surface area (Å²) in [6.45, 7) is 0. The lowest BCUT2D eigenvalue weighted by molar-refractivity contribution is -0.598. The summed E-state index contributed by atoms with van der Waals surface area (Å²) in [7, 11) is 1.32. The highest BCUT2D eigenvalue weighted by Crippen LogP contribution is 1.71. The molecule has 6 heteroatoms. The van der Waals surface area contributed by atoms with Crippen LogP contribution >= 0.6 is 0 Å². The fourth-order valence-electron chi connectivity index (χ4n) is 0.0893. The highest BCUT2D eigenvalue weighted by atomic mass is 17.6. The molecule has 0 atom stereocenters. The minimum Gasteiger partial charge on any atom is -0.415 e. The summed E-state index contributed by atoms with van der Waals surface area (Å²) in [6.07, 6.45) is 0. The summed E-state index contributed by atoms with van der Waals surface area (Å²) in [6, 6.07) is 0. The summed E-state index contributed by atoms with van der Waals surface area (Å²) in [4.78, 5) is 3.94. The second-order valence-corrected chi connectivity index (χ2v) is 0.667. The van der Waals surface area contributed by atoms with Crippen molar-refractivity contribution in [3.63, 3.8) is 0 Å². The Balaban J connectivity index is 2.45. The van der Waals surface area contributed by atoms with Crippen LogP contribution in [0, 0.1) is 0 Å². The van der Waals surface area contributed by atoms with E-state index in [0.29, 0.717) is 0 Å². The quantitative estimate of drug-likeness (QED) is 0.222. The summed E-state index contributed by atoms with van der Waals surface area (Å²) in [5, 5.41) is 13.9. The van der Waals surface area contributed by atoms with E-state index in [9.17, 15) is 0 Å². The smallest absolute Gasteiger partial charge is 0.415 e. The van der Waals surface area contributed by atoms with E-state index in [1.54, 1.807) is 0 Å². The molecule has 0 radical (unpaired) electrons. The van der Waals surface area contributed by atoms with Crippen LogP contribution in [0.1, 0.15) is 0 Å². The number of hydrogen-bond donors (Lipinski definition) is 1. The predicted molar refractivity (Wildman–Crippen MR) is 20.0 cm³/mol. The first-order chi connectivity index (χ1) is 3.41. The Morgan fingerprint density at radius 3 is 2.71 bits per heavy atom. The van der Waals surface area contributed by atoms with Gasteiger partial charge in [0.2, 0.25) is 0 Å². The van der Waals surface area contributed by atoms with Crippen molar-refractivity contribution in [3.05, 3.63) is 0 Å². The van der Waals surface area contributed by atoms with Crippen molar-refractivity contribution < 1.29 is 24.8 Å². The van der Waals surface area contributed by atoms with Gasteiger partial charge in [-0.1, -0.05) is 5.04 Å². The van der Waals surface area contributed by atoms with Gasteiger partial charge in [0.05, 0.1) is 0 Å². The van der Waals surface area contributed by atoms with Crippen molar-refractivity contribution in [1.29, 1.82) is 0 Å². The minimum atomic E-state index is -0.0828. The highest BCUT2D eigenvalue weighted by molar-refractivity contribution is 6.17. The van der Waals surface area contributed by atoms with Crippen molar-refractivity contribution in [2.75, 3.05) is 7.11 Å². The van der Waals surface area contributed by atoms with Gasteiger partial charge in [0, 0.05) is 7.11 Å². The molecular formula is CH5BO5. The van der Waals surface area contributed by atoms with Crippen molar-refractivity contribution >= 4 is 7.69 Å². The second kappa shape index (κ2) is 5.86. The monoisotopic (exact) mass is 108 g/mol. The first kappa shape index (κ1) is 6.86. The Morgan fingerprint density at radius 2 is 2.29 bits per heavy atom. The van der Waals surface area contributed by atoms with Gasteiger partial charge < -0.3 is 4.65 Å². The average molecular weight is 108 g/mol. The van der Waals surface area contributed by atoms with Crippen LogP contribution in [0.15, 0.2) is 0 Å². The van der Waals surface area contributed by atoms with E-state index in [1.807, 2.05) is 0 Å². The molecule has 0 unspecified atom stereocenters. The Labute approximate surface area is 40.8 Å². The second-order valence-electron chi connectivity index (χ2n) is 0.667. The molecule has 0 rings (SSSR count). The zero-order valence-corrected chi connectivity index (χ0v) is 3.79. The SMILES string of the molecule is COBOOOO. The van der Waals surface area contributed by atoms with Gasteiger partial charge in [0.1, 0.15) is 0 Å². The molecule has 0 saturated carbocycles. The van der Waals surface area contributed by atoms with E-state index in [1.165, 1.54) is 7.11 Å². The van der Waals surface area contributed by atoms with E-state index in [2.05, 4.69) is 19.5 Å². The largest absolute Gasteiger partial charge is 0.477 e.